The topological polar surface area (TPSA) is 193 Å². The van der Waals surface area contributed by atoms with Gasteiger partial charge in [-0.2, -0.15) is 0 Å². The minimum absolute atomic E-state index is 0.0530. The van der Waals surface area contributed by atoms with Crippen molar-refractivity contribution in [3.05, 3.63) is 10.4 Å². The van der Waals surface area contributed by atoms with Crippen LogP contribution in [-0.2, 0) is 23.7 Å². The van der Waals surface area contributed by atoms with E-state index in [2.05, 4.69) is 15.3 Å². The van der Waals surface area contributed by atoms with Crippen LogP contribution >= 0.6 is 0 Å². The second-order valence-electron chi connectivity index (χ2n) is 6.96. The number of alkyl carbamates (subject to hydrolysis) is 1. The lowest BCUT2D eigenvalue weighted by atomic mass is 10.2. The average molecular weight is 422 g/mol. The maximum atomic E-state index is 11.5. The number of carbonyl (C=O) groups is 2. The maximum absolute atomic E-state index is 11.5. The van der Waals surface area contributed by atoms with Crippen molar-refractivity contribution in [2.45, 2.75) is 44.6 Å². The van der Waals surface area contributed by atoms with E-state index >= 15 is 0 Å². The number of hydrogen-bond acceptors (Lipinski definition) is 10. The van der Waals surface area contributed by atoms with Gasteiger partial charge >= 0.3 is 12.1 Å². The Morgan fingerprint density at radius 2 is 1.66 bits per heavy atom. The largest absolute Gasteiger partial charge is 0.462 e. The molecule has 0 saturated carbocycles. The fourth-order valence-electron chi connectivity index (χ4n) is 1.67. The SMILES string of the molecule is CC(C)(C)OC(=O)NCC(=O)OCC(O)COCC(COCC(O)CO)N=[N+]=[N-]. The number of aliphatic hydroxyl groups excluding tert-OH is 3. The summed E-state index contributed by atoms with van der Waals surface area (Å²) in [7, 11) is 0. The minimum atomic E-state index is -1.13. The summed E-state index contributed by atoms with van der Waals surface area (Å²) >= 11 is 0. The molecule has 0 fully saturated rings. The fourth-order valence-corrected chi connectivity index (χ4v) is 1.67. The molecule has 13 nitrogen and oxygen atoms in total. The van der Waals surface area contributed by atoms with E-state index in [0.717, 1.165) is 0 Å². The molecule has 0 rings (SSSR count). The van der Waals surface area contributed by atoms with Crippen LogP contribution in [0.4, 0.5) is 4.79 Å². The first kappa shape index (κ1) is 26.9. The Morgan fingerprint density at radius 3 is 2.17 bits per heavy atom. The normalized spacial score (nSPS) is 14.3. The van der Waals surface area contributed by atoms with Gasteiger partial charge in [0.1, 0.15) is 31.0 Å². The molecular formula is C16H30N4O9. The molecule has 0 aliphatic heterocycles. The number of nitrogens with one attached hydrogen (secondary N) is 1. The second-order valence-corrected chi connectivity index (χ2v) is 6.96. The number of esters is 1. The highest BCUT2D eigenvalue weighted by Gasteiger charge is 2.17. The summed E-state index contributed by atoms with van der Waals surface area (Å²) < 4.78 is 20.0. The first-order valence-corrected chi connectivity index (χ1v) is 8.86. The smallest absolute Gasteiger partial charge is 0.408 e. The van der Waals surface area contributed by atoms with E-state index in [9.17, 15) is 14.7 Å². The van der Waals surface area contributed by atoms with Crippen LogP contribution in [0.1, 0.15) is 20.8 Å². The zero-order valence-electron chi connectivity index (χ0n) is 16.8. The molecule has 4 N–H and O–H groups in total. The number of azide groups is 1. The summed E-state index contributed by atoms with van der Waals surface area (Å²) in [6, 6.07) is -0.710. The van der Waals surface area contributed by atoms with Crippen LogP contribution in [-0.4, -0.2) is 97.4 Å². The Labute approximate surface area is 168 Å². The quantitative estimate of drug-likeness (QED) is 0.123. The third-order valence-electron chi connectivity index (χ3n) is 2.88. The zero-order chi connectivity index (χ0) is 22.3. The average Bonchev–Trinajstić information content (AvgIpc) is 2.63. The van der Waals surface area contributed by atoms with E-state index in [-0.39, 0.29) is 33.0 Å². The molecule has 3 atom stereocenters. The molecule has 0 saturated heterocycles. The van der Waals surface area contributed by atoms with Gasteiger partial charge in [-0.15, -0.1) is 0 Å². The van der Waals surface area contributed by atoms with Crippen molar-refractivity contribution in [1.82, 2.24) is 5.32 Å². The first-order valence-electron chi connectivity index (χ1n) is 8.86. The van der Waals surface area contributed by atoms with Gasteiger partial charge in [0.15, 0.2) is 0 Å². The molecule has 168 valence electrons. The monoisotopic (exact) mass is 422 g/mol. The predicted molar refractivity (Wildman–Crippen MR) is 98.9 cm³/mol. The van der Waals surface area contributed by atoms with Gasteiger partial charge in [-0.1, -0.05) is 5.11 Å². The van der Waals surface area contributed by atoms with Crippen molar-refractivity contribution in [3.63, 3.8) is 0 Å². The van der Waals surface area contributed by atoms with Gasteiger partial charge in [0, 0.05) is 4.91 Å². The lowest BCUT2D eigenvalue weighted by Crippen LogP contribution is -2.37. The molecular weight excluding hydrogens is 392 g/mol. The van der Waals surface area contributed by atoms with E-state index in [4.69, 9.17) is 34.7 Å². The van der Waals surface area contributed by atoms with Crippen LogP contribution in [0, 0.1) is 0 Å². The molecule has 0 aliphatic carbocycles. The molecule has 0 heterocycles. The molecule has 29 heavy (non-hydrogen) atoms. The highest BCUT2D eigenvalue weighted by molar-refractivity contribution is 5.77. The number of aliphatic hydroxyl groups is 3. The Morgan fingerprint density at radius 1 is 1.07 bits per heavy atom. The molecule has 0 aromatic heterocycles. The van der Waals surface area contributed by atoms with Crippen molar-refractivity contribution < 1.29 is 43.9 Å². The lowest BCUT2D eigenvalue weighted by Gasteiger charge is -2.19. The summed E-state index contributed by atoms with van der Waals surface area (Å²) in [5.74, 6) is -0.766. The first-order chi connectivity index (χ1) is 13.6. The molecule has 0 spiro atoms. The predicted octanol–water partition coefficient (Wildman–Crippen LogP) is -0.519. The van der Waals surface area contributed by atoms with Gasteiger partial charge in [-0.05, 0) is 26.3 Å². The molecule has 3 unspecified atom stereocenters. The highest BCUT2D eigenvalue weighted by atomic mass is 16.6. The Kier molecular flexibility index (Phi) is 13.7. The van der Waals surface area contributed by atoms with Crippen LogP contribution < -0.4 is 5.32 Å². The highest BCUT2D eigenvalue weighted by Crippen LogP contribution is 2.06. The summed E-state index contributed by atoms with van der Waals surface area (Å²) in [4.78, 5) is 25.6. The molecule has 0 radical (unpaired) electrons. The van der Waals surface area contributed by atoms with E-state index in [1.54, 1.807) is 20.8 Å². The van der Waals surface area contributed by atoms with Gasteiger partial charge in [0.2, 0.25) is 0 Å². The second kappa shape index (κ2) is 14.8. The summed E-state index contributed by atoms with van der Waals surface area (Å²) in [5, 5.41) is 33.2. The number of hydrogen-bond donors (Lipinski definition) is 4. The molecule has 0 aromatic rings. The van der Waals surface area contributed by atoms with Crippen LogP contribution in [0.15, 0.2) is 5.11 Å². The summed E-state index contributed by atoms with van der Waals surface area (Å²) in [5.41, 5.74) is 7.81. The number of ether oxygens (including phenoxy) is 4. The van der Waals surface area contributed by atoms with Gasteiger partial charge in [-0.3, -0.25) is 4.79 Å². The van der Waals surface area contributed by atoms with E-state index in [1.165, 1.54) is 0 Å². The Balaban J connectivity index is 4.00. The standard InChI is InChI=1S/C16H30N4O9/c1-16(2,3)29-15(25)18-4-14(24)28-10-13(23)9-27-7-11(19-20-17)6-26-8-12(22)5-21/h11-13,21-23H,4-10H2,1-3H3,(H,18,25). The van der Waals surface area contributed by atoms with Crippen molar-refractivity contribution in [2.24, 2.45) is 5.11 Å². The van der Waals surface area contributed by atoms with Gasteiger partial charge in [0.05, 0.1) is 39.1 Å². The van der Waals surface area contributed by atoms with Crippen LogP contribution in [0.25, 0.3) is 10.4 Å². The van der Waals surface area contributed by atoms with Crippen molar-refractivity contribution in [1.29, 1.82) is 0 Å². The van der Waals surface area contributed by atoms with Crippen molar-refractivity contribution >= 4 is 12.1 Å². The third kappa shape index (κ3) is 16.5. The lowest BCUT2D eigenvalue weighted by molar-refractivity contribution is -0.146. The maximum Gasteiger partial charge on any atom is 0.408 e. The third-order valence-corrected chi connectivity index (χ3v) is 2.88. The summed E-state index contributed by atoms with van der Waals surface area (Å²) in [6.07, 6.45) is -2.94. The van der Waals surface area contributed by atoms with Gasteiger partial charge in [-0.25, -0.2) is 4.79 Å². The van der Waals surface area contributed by atoms with Crippen LogP contribution in [0.3, 0.4) is 0 Å². The molecule has 0 bridgehead atoms. The number of amides is 1. The van der Waals surface area contributed by atoms with E-state index in [1.807, 2.05) is 0 Å². The van der Waals surface area contributed by atoms with Crippen molar-refractivity contribution in [2.75, 3.05) is 46.2 Å². The molecule has 1 amide bonds. The minimum Gasteiger partial charge on any atom is -0.462 e. The Bertz CT molecular complexity index is 535. The summed E-state index contributed by atoms with van der Waals surface area (Å²) in [6.45, 7) is 3.33. The van der Waals surface area contributed by atoms with E-state index in [0.29, 0.717) is 0 Å². The van der Waals surface area contributed by atoms with Crippen LogP contribution in [0.2, 0.25) is 0 Å². The van der Waals surface area contributed by atoms with Crippen molar-refractivity contribution in [3.8, 4) is 0 Å². The molecule has 0 aromatic carbocycles. The number of rotatable bonds is 14. The van der Waals surface area contributed by atoms with Gasteiger partial charge in [0.25, 0.3) is 0 Å². The fraction of sp³-hybridized carbons (Fsp3) is 0.875. The van der Waals surface area contributed by atoms with E-state index < -0.39 is 49.1 Å². The number of nitrogens with zero attached hydrogens (tertiary/aromatic N) is 3. The Hall–Kier alpha value is -2.15. The van der Waals surface area contributed by atoms with Crippen LogP contribution in [0.5, 0.6) is 0 Å². The molecule has 0 aliphatic rings. The zero-order valence-corrected chi connectivity index (χ0v) is 16.8. The number of carbonyl (C=O) groups excluding carboxylic acids is 2. The van der Waals surface area contributed by atoms with Gasteiger partial charge < -0.3 is 39.6 Å². The molecule has 13 heteroatoms.